The van der Waals surface area contributed by atoms with E-state index in [1.165, 1.54) is 0 Å². The van der Waals surface area contributed by atoms with Gasteiger partial charge < -0.3 is 9.88 Å². The Kier molecular flexibility index (Phi) is 3.83. The monoisotopic (exact) mass is 342 g/mol. The van der Waals surface area contributed by atoms with Crippen LogP contribution in [0, 0.1) is 3.57 Å². The predicted molar refractivity (Wildman–Crippen MR) is 78.6 cm³/mol. The van der Waals surface area contributed by atoms with E-state index >= 15 is 0 Å². The van der Waals surface area contributed by atoms with E-state index in [1.807, 2.05) is 6.20 Å². The molecule has 0 aliphatic carbocycles. The fourth-order valence-corrected chi connectivity index (χ4v) is 2.50. The number of hydrogen-bond acceptors (Lipinski definition) is 2. The quantitative estimate of drug-likeness (QED) is 0.685. The molecular weight excluding hydrogens is 327 g/mol. The van der Waals surface area contributed by atoms with Gasteiger partial charge >= 0.3 is 0 Å². The van der Waals surface area contributed by atoms with E-state index in [0.717, 1.165) is 26.6 Å². The average molecular weight is 342 g/mol. The maximum absolute atomic E-state index is 12.0. The number of hydrogen-bond donors (Lipinski definition) is 1. The Morgan fingerprint density at radius 1 is 1.47 bits per heavy atom. The number of nitrogens with zero attached hydrogens (tertiary/aromatic N) is 1. The molecule has 0 bridgehead atoms. The van der Waals surface area contributed by atoms with E-state index in [1.54, 1.807) is 7.05 Å². The molecule has 0 fully saturated rings. The maximum atomic E-state index is 12.0. The van der Waals surface area contributed by atoms with Crippen LogP contribution in [0.1, 0.15) is 17.3 Å². The second-order valence-electron chi connectivity index (χ2n) is 3.94. The van der Waals surface area contributed by atoms with Gasteiger partial charge in [-0.25, -0.2) is 0 Å². The van der Waals surface area contributed by atoms with Gasteiger partial charge in [0.25, 0.3) is 0 Å². The Morgan fingerprint density at radius 3 is 2.88 bits per heavy atom. The number of likely N-dealkylation sites (N-methyl/N-ethyl adjacent to an activating group) is 1. The van der Waals surface area contributed by atoms with Crippen molar-refractivity contribution in [3.05, 3.63) is 33.5 Å². The zero-order chi connectivity index (χ0) is 12.4. The highest BCUT2D eigenvalue weighted by Gasteiger charge is 2.13. The number of Topliss-reactive ketones (excluding diaryl/α,β-unsaturated/α-hetero) is 1. The van der Waals surface area contributed by atoms with Gasteiger partial charge in [-0.2, -0.15) is 0 Å². The standard InChI is InChI=1S/C13H15IN2O/c1-3-16-8-11(13(17)7-15-2)10-6-9(14)4-5-12(10)16/h4-6,8,15H,3,7H2,1-2H3. The lowest BCUT2D eigenvalue weighted by molar-refractivity contribution is 0.0995. The molecule has 0 amide bonds. The molecule has 0 atom stereocenters. The van der Waals surface area contributed by atoms with Crippen LogP contribution < -0.4 is 5.32 Å². The molecule has 2 rings (SSSR count). The van der Waals surface area contributed by atoms with Crippen molar-refractivity contribution in [3.63, 3.8) is 0 Å². The molecule has 0 saturated carbocycles. The van der Waals surface area contributed by atoms with Crippen LogP contribution in [0.4, 0.5) is 0 Å². The summed E-state index contributed by atoms with van der Waals surface area (Å²) in [5.41, 5.74) is 1.95. The number of nitrogens with one attached hydrogen (secondary N) is 1. The Balaban J connectivity index is 2.62. The van der Waals surface area contributed by atoms with Crippen LogP contribution in [0.5, 0.6) is 0 Å². The summed E-state index contributed by atoms with van der Waals surface area (Å²) in [5.74, 6) is 0.145. The van der Waals surface area contributed by atoms with Crippen LogP contribution in [0.3, 0.4) is 0 Å². The summed E-state index contributed by atoms with van der Waals surface area (Å²) in [6.45, 7) is 3.35. The smallest absolute Gasteiger partial charge is 0.178 e. The van der Waals surface area contributed by atoms with Crippen LogP contribution >= 0.6 is 22.6 Å². The number of halogens is 1. The third-order valence-corrected chi connectivity index (χ3v) is 3.49. The zero-order valence-electron chi connectivity index (χ0n) is 9.96. The third-order valence-electron chi connectivity index (χ3n) is 2.82. The molecule has 0 aliphatic rings. The largest absolute Gasteiger partial charge is 0.347 e. The first-order chi connectivity index (χ1) is 8.17. The predicted octanol–water partition coefficient (Wildman–Crippen LogP) is 2.67. The van der Waals surface area contributed by atoms with Crippen molar-refractivity contribution in [1.82, 2.24) is 9.88 Å². The lowest BCUT2D eigenvalue weighted by Crippen LogP contribution is -2.18. The first kappa shape index (κ1) is 12.6. The SMILES string of the molecule is CCn1cc(C(=O)CNC)c2cc(I)ccc21. The molecule has 90 valence electrons. The number of carbonyl (C=O) groups excluding carboxylic acids is 1. The summed E-state index contributed by atoms with van der Waals surface area (Å²) in [7, 11) is 1.79. The van der Waals surface area contributed by atoms with Gasteiger partial charge in [0.1, 0.15) is 0 Å². The van der Waals surface area contributed by atoms with Crippen LogP contribution in [0.2, 0.25) is 0 Å². The molecule has 1 heterocycles. The van der Waals surface area contributed by atoms with E-state index in [2.05, 4.69) is 57.6 Å². The Labute approximate surface area is 114 Å². The molecule has 3 nitrogen and oxygen atoms in total. The van der Waals surface area contributed by atoms with Gasteiger partial charge in [0, 0.05) is 32.8 Å². The molecular formula is C13H15IN2O. The van der Waals surface area contributed by atoms with Crippen LogP contribution in [0.25, 0.3) is 10.9 Å². The van der Waals surface area contributed by atoms with Gasteiger partial charge in [0.15, 0.2) is 5.78 Å². The number of benzene rings is 1. The highest BCUT2D eigenvalue weighted by Crippen LogP contribution is 2.24. The lowest BCUT2D eigenvalue weighted by Gasteiger charge is -1.99. The third kappa shape index (κ3) is 2.37. The van der Waals surface area contributed by atoms with E-state index in [9.17, 15) is 4.79 Å². The molecule has 0 saturated heterocycles. The minimum absolute atomic E-state index is 0.145. The van der Waals surface area contributed by atoms with E-state index in [4.69, 9.17) is 0 Å². The first-order valence-corrected chi connectivity index (χ1v) is 6.71. The molecule has 1 aromatic heterocycles. The molecule has 1 aromatic carbocycles. The molecule has 0 radical (unpaired) electrons. The van der Waals surface area contributed by atoms with Crippen molar-refractivity contribution in [3.8, 4) is 0 Å². The number of aromatic nitrogens is 1. The van der Waals surface area contributed by atoms with Crippen molar-refractivity contribution in [2.45, 2.75) is 13.5 Å². The Bertz CT molecular complexity index is 560. The van der Waals surface area contributed by atoms with E-state index in [0.29, 0.717) is 6.54 Å². The summed E-state index contributed by atoms with van der Waals surface area (Å²) >= 11 is 2.27. The molecule has 2 aromatic rings. The van der Waals surface area contributed by atoms with Gasteiger partial charge in [-0.15, -0.1) is 0 Å². The summed E-state index contributed by atoms with van der Waals surface area (Å²) in [6, 6.07) is 6.23. The van der Waals surface area contributed by atoms with Crippen molar-refractivity contribution < 1.29 is 4.79 Å². The molecule has 4 heteroatoms. The van der Waals surface area contributed by atoms with Gasteiger partial charge in [-0.1, -0.05) is 0 Å². The highest BCUT2D eigenvalue weighted by atomic mass is 127. The lowest BCUT2D eigenvalue weighted by atomic mass is 10.1. The van der Waals surface area contributed by atoms with Crippen LogP contribution in [-0.2, 0) is 6.54 Å². The van der Waals surface area contributed by atoms with Gasteiger partial charge in [-0.3, -0.25) is 4.79 Å². The molecule has 1 N–H and O–H groups in total. The Hall–Kier alpha value is -0.880. The summed E-state index contributed by atoms with van der Waals surface area (Å²) in [6.07, 6.45) is 1.96. The second-order valence-corrected chi connectivity index (χ2v) is 5.19. The van der Waals surface area contributed by atoms with Crippen molar-refractivity contribution in [2.75, 3.05) is 13.6 Å². The van der Waals surface area contributed by atoms with Gasteiger partial charge in [0.05, 0.1) is 6.54 Å². The number of fused-ring (bicyclic) bond motifs is 1. The number of rotatable bonds is 4. The number of carbonyl (C=O) groups is 1. The minimum Gasteiger partial charge on any atom is -0.347 e. The Morgan fingerprint density at radius 2 is 2.24 bits per heavy atom. The van der Waals surface area contributed by atoms with E-state index < -0.39 is 0 Å². The van der Waals surface area contributed by atoms with Crippen molar-refractivity contribution in [1.29, 1.82) is 0 Å². The van der Waals surface area contributed by atoms with Crippen LogP contribution in [0.15, 0.2) is 24.4 Å². The average Bonchev–Trinajstić information content (AvgIpc) is 2.67. The molecule has 17 heavy (non-hydrogen) atoms. The van der Waals surface area contributed by atoms with Crippen molar-refractivity contribution >= 4 is 39.3 Å². The maximum Gasteiger partial charge on any atom is 0.178 e. The molecule has 0 aliphatic heterocycles. The zero-order valence-corrected chi connectivity index (χ0v) is 12.1. The van der Waals surface area contributed by atoms with Crippen LogP contribution in [-0.4, -0.2) is 23.9 Å². The number of ketones is 1. The summed E-state index contributed by atoms with van der Waals surface area (Å²) in [5, 5.41) is 3.97. The number of aryl methyl sites for hydroxylation is 1. The minimum atomic E-state index is 0.145. The normalized spacial score (nSPS) is 11.0. The molecule has 0 unspecified atom stereocenters. The molecule has 0 spiro atoms. The second kappa shape index (κ2) is 5.18. The van der Waals surface area contributed by atoms with Gasteiger partial charge in [-0.05, 0) is 54.8 Å². The fraction of sp³-hybridized carbons (Fsp3) is 0.308. The highest BCUT2D eigenvalue weighted by molar-refractivity contribution is 14.1. The fourth-order valence-electron chi connectivity index (χ4n) is 2.01. The summed E-state index contributed by atoms with van der Waals surface area (Å²) < 4.78 is 3.27. The first-order valence-electron chi connectivity index (χ1n) is 5.63. The van der Waals surface area contributed by atoms with Gasteiger partial charge in [0.2, 0.25) is 0 Å². The topological polar surface area (TPSA) is 34.0 Å². The summed E-state index contributed by atoms with van der Waals surface area (Å²) in [4.78, 5) is 12.0. The van der Waals surface area contributed by atoms with E-state index in [-0.39, 0.29) is 5.78 Å². The van der Waals surface area contributed by atoms with Crippen molar-refractivity contribution in [2.24, 2.45) is 0 Å².